The van der Waals surface area contributed by atoms with E-state index in [0.29, 0.717) is 12.0 Å². The maximum Gasteiger partial charge on any atom is 0.129 e. The van der Waals surface area contributed by atoms with Crippen LogP contribution in [0.4, 0.5) is 8.78 Å². The van der Waals surface area contributed by atoms with E-state index in [1.54, 1.807) is 0 Å². The van der Waals surface area contributed by atoms with Gasteiger partial charge in [0.1, 0.15) is 11.6 Å². The zero-order valence-corrected chi connectivity index (χ0v) is 14.3. The molecule has 0 aromatic heterocycles. The van der Waals surface area contributed by atoms with E-state index in [1.807, 2.05) is 0 Å². The highest BCUT2D eigenvalue weighted by atomic mass is 79.9. The molecule has 0 fully saturated rings. The Morgan fingerprint density at radius 2 is 1.52 bits per heavy atom. The number of halogens is 3. The second-order valence-electron chi connectivity index (χ2n) is 5.58. The zero-order chi connectivity index (χ0) is 15.7. The molecule has 0 aliphatic heterocycles. The van der Waals surface area contributed by atoms with Crippen LogP contribution in [0.5, 0.6) is 0 Å². The van der Waals surface area contributed by atoms with Crippen molar-refractivity contribution in [1.82, 2.24) is 0 Å². The molecule has 0 nitrogen and oxygen atoms in total. The number of alkyl halides is 1. The third kappa shape index (κ3) is 3.34. The smallest absolute Gasteiger partial charge is 0.129 e. The molecule has 0 N–H and O–H groups in total. The van der Waals surface area contributed by atoms with Crippen LogP contribution in [0.25, 0.3) is 0 Å². The lowest BCUT2D eigenvalue weighted by molar-refractivity contribution is 0.571. The Hall–Kier alpha value is -1.22. The van der Waals surface area contributed by atoms with Gasteiger partial charge in [0.05, 0.1) is 0 Å². The molecule has 2 rings (SSSR count). The molecule has 0 amide bonds. The van der Waals surface area contributed by atoms with Crippen LogP contribution < -0.4 is 0 Å². The van der Waals surface area contributed by atoms with Crippen molar-refractivity contribution in [3.05, 3.63) is 69.3 Å². The highest BCUT2D eigenvalue weighted by molar-refractivity contribution is 9.09. The maximum absolute atomic E-state index is 13.8. The van der Waals surface area contributed by atoms with Crippen molar-refractivity contribution in [1.29, 1.82) is 0 Å². The minimum atomic E-state index is -0.541. The van der Waals surface area contributed by atoms with E-state index in [-0.39, 0.29) is 4.83 Å². The van der Waals surface area contributed by atoms with Crippen LogP contribution in [0.1, 0.15) is 38.2 Å². The molecule has 2 aromatic rings. The first-order chi connectivity index (χ1) is 9.81. The van der Waals surface area contributed by atoms with Crippen molar-refractivity contribution in [3.8, 4) is 0 Å². The van der Waals surface area contributed by atoms with Crippen LogP contribution >= 0.6 is 15.9 Å². The van der Waals surface area contributed by atoms with Crippen LogP contribution in [-0.4, -0.2) is 0 Å². The summed E-state index contributed by atoms with van der Waals surface area (Å²) in [7, 11) is 0. The topological polar surface area (TPSA) is 0 Å². The summed E-state index contributed by atoms with van der Waals surface area (Å²) in [6.45, 7) is 8.35. The van der Waals surface area contributed by atoms with Gasteiger partial charge in [-0.25, -0.2) is 8.78 Å². The number of hydrogen-bond acceptors (Lipinski definition) is 0. The van der Waals surface area contributed by atoms with Crippen molar-refractivity contribution >= 4 is 15.9 Å². The fourth-order valence-corrected chi connectivity index (χ4v) is 3.74. The van der Waals surface area contributed by atoms with Crippen molar-refractivity contribution in [3.63, 3.8) is 0 Å². The fourth-order valence-electron chi connectivity index (χ4n) is 2.70. The molecular weight excluding hydrogens is 334 g/mol. The van der Waals surface area contributed by atoms with Gasteiger partial charge >= 0.3 is 0 Å². The highest BCUT2D eigenvalue weighted by Gasteiger charge is 2.18. The zero-order valence-electron chi connectivity index (χ0n) is 12.7. The Morgan fingerprint density at radius 1 is 0.952 bits per heavy atom. The summed E-state index contributed by atoms with van der Waals surface area (Å²) >= 11 is 3.68. The fraction of sp³-hybridized carbons (Fsp3) is 0.333. The molecular formula is C18H19BrF2. The third-order valence-electron chi connectivity index (χ3n) is 4.15. The van der Waals surface area contributed by atoms with Gasteiger partial charge in [0.2, 0.25) is 0 Å². The van der Waals surface area contributed by atoms with Crippen molar-refractivity contribution in [2.24, 2.45) is 0 Å². The highest BCUT2D eigenvalue weighted by Crippen LogP contribution is 2.35. The van der Waals surface area contributed by atoms with E-state index in [9.17, 15) is 8.78 Å². The van der Waals surface area contributed by atoms with Crippen LogP contribution in [-0.2, 0) is 6.42 Å². The number of aryl methyl sites for hydroxylation is 2. The van der Waals surface area contributed by atoms with Crippen LogP contribution in [0.2, 0.25) is 0 Å². The number of benzene rings is 2. The Balaban J connectivity index is 2.39. The SMILES string of the molecule is Cc1cc(C)c(C)c(C(Br)Cc2ccc(F)cc2F)c1C. The molecule has 0 bridgehead atoms. The Kier molecular flexibility index (Phi) is 4.82. The molecule has 0 saturated carbocycles. The van der Waals surface area contributed by atoms with Crippen molar-refractivity contribution < 1.29 is 8.78 Å². The van der Waals surface area contributed by atoms with Crippen LogP contribution in [0.15, 0.2) is 24.3 Å². The largest absolute Gasteiger partial charge is 0.207 e. The van der Waals surface area contributed by atoms with Crippen molar-refractivity contribution in [2.75, 3.05) is 0 Å². The lowest BCUT2D eigenvalue weighted by atomic mass is 9.90. The summed E-state index contributed by atoms with van der Waals surface area (Å²) < 4.78 is 26.8. The molecule has 2 aromatic carbocycles. The van der Waals surface area contributed by atoms with Gasteiger partial charge in [0, 0.05) is 10.9 Å². The molecule has 0 heterocycles. The average molecular weight is 353 g/mol. The quantitative estimate of drug-likeness (QED) is 0.605. The first kappa shape index (κ1) is 16.2. The minimum Gasteiger partial charge on any atom is -0.207 e. The number of rotatable bonds is 3. The Labute approximate surface area is 133 Å². The molecule has 0 aliphatic rings. The van der Waals surface area contributed by atoms with E-state index >= 15 is 0 Å². The average Bonchev–Trinajstić information content (AvgIpc) is 2.40. The molecule has 0 aliphatic carbocycles. The number of hydrogen-bond donors (Lipinski definition) is 0. The first-order valence-electron chi connectivity index (χ1n) is 6.96. The summed E-state index contributed by atoms with van der Waals surface area (Å²) in [5.41, 5.74) is 6.65. The summed E-state index contributed by atoms with van der Waals surface area (Å²) in [5.74, 6) is -1.03. The molecule has 3 heteroatoms. The van der Waals surface area contributed by atoms with Gasteiger partial charge in [-0.3, -0.25) is 0 Å². The normalized spacial score (nSPS) is 12.5. The van der Waals surface area contributed by atoms with E-state index in [4.69, 9.17) is 0 Å². The maximum atomic E-state index is 13.8. The monoisotopic (exact) mass is 352 g/mol. The molecule has 112 valence electrons. The van der Waals surface area contributed by atoms with Crippen LogP contribution in [0, 0.1) is 39.3 Å². The van der Waals surface area contributed by atoms with E-state index in [2.05, 4.69) is 49.7 Å². The van der Waals surface area contributed by atoms with E-state index in [0.717, 1.165) is 6.07 Å². The molecule has 21 heavy (non-hydrogen) atoms. The molecule has 0 radical (unpaired) electrons. The van der Waals surface area contributed by atoms with Gasteiger partial charge in [-0.15, -0.1) is 0 Å². The predicted molar refractivity (Wildman–Crippen MR) is 87.1 cm³/mol. The predicted octanol–water partition coefficient (Wildman–Crippen LogP) is 5.88. The minimum absolute atomic E-state index is 0.0102. The first-order valence-corrected chi connectivity index (χ1v) is 7.88. The van der Waals surface area contributed by atoms with Gasteiger partial charge in [0.25, 0.3) is 0 Å². The lowest BCUT2D eigenvalue weighted by Crippen LogP contribution is -2.05. The third-order valence-corrected chi connectivity index (χ3v) is 4.93. The lowest BCUT2D eigenvalue weighted by Gasteiger charge is -2.20. The molecule has 1 atom stereocenters. The molecule has 0 spiro atoms. The summed E-state index contributed by atoms with van der Waals surface area (Å²) in [6.07, 6.45) is 0.497. The Morgan fingerprint density at radius 3 is 2.05 bits per heavy atom. The summed E-state index contributed by atoms with van der Waals surface area (Å²) in [4.78, 5) is 0.0102. The molecule has 0 saturated heterocycles. The second kappa shape index (κ2) is 6.27. The van der Waals surface area contributed by atoms with Gasteiger partial charge in [0.15, 0.2) is 0 Å². The van der Waals surface area contributed by atoms with Crippen LogP contribution in [0.3, 0.4) is 0 Å². The van der Waals surface area contributed by atoms with Gasteiger partial charge in [-0.05, 0) is 73.6 Å². The van der Waals surface area contributed by atoms with Gasteiger partial charge in [-0.1, -0.05) is 28.1 Å². The second-order valence-corrected chi connectivity index (χ2v) is 6.69. The molecule has 1 unspecified atom stereocenters. The standard InChI is InChI=1S/C18H19BrF2/c1-10-7-11(2)13(4)18(12(10)3)16(19)8-14-5-6-15(20)9-17(14)21/h5-7,9,16H,8H2,1-4H3. The summed E-state index contributed by atoms with van der Waals surface area (Å²) in [5, 5.41) is 0. The van der Waals surface area contributed by atoms with E-state index in [1.165, 1.54) is 39.9 Å². The van der Waals surface area contributed by atoms with E-state index < -0.39 is 11.6 Å². The van der Waals surface area contributed by atoms with Gasteiger partial charge < -0.3 is 0 Å². The summed E-state index contributed by atoms with van der Waals surface area (Å²) in [6, 6.07) is 5.94. The van der Waals surface area contributed by atoms with Crippen molar-refractivity contribution in [2.45, 2.75) is 38.9 Å². The van der Waals surface area contributed by atoms with Gasteiger partial charge in [-0.2, -0.15) is 0 Å². The Bertz CT molecular complexity index is 651.